The zero-order chi connectivity index (χ0) is 10.8. The zero-order valence-electron chi connectivity index (χ0n) is 8.58. The highest BCUT2D eigenvalue weighted by molar-refractivity contribution is 14.1. The molecule has 2 rings (SSSR count). The quantitative estimate of drug-likeness (QED) is 0.448. The van der Waals surface area contributed by atoms with E-state index in [2.05, 4.69) is 44.4 Å². The van der Waals surface area contributed by atoms with Gasteiger partial charge in [-0.25, -0.2) is 9.97 Å². The molecule has 1 aliphatic rings. The molecule has 1 fully saturated rings. The topological polar surface area (TPSA) is 29.0 Å². The molecule has 2 heterocycles. The van der Waals surface area contributed by atoms with E-state index in [1.807, 2.05) is 6.07 Å². The molecule has 0 amide bonds. The molecule has 1 aromatic heterocycles. The second-order valence-electron chi connectivity index (χ2n) is 3.86. The second-order valence-corrected chi connectivity index (χ2v) is 5.21. The Morgan fingerprint density at radius 1 is 1.47 bits per heavy atom. The van der Waals surface area contributed by atoms with E-state index in [4.69, 9.17) is 11.6 Å². The van der Waals surface area contributed by atoms with Crippen LogP contribution in [-0.4, -0.2) is 22.6 Å². The summed E-state index contributed by atoms with van der Waals surface area (Å²) in [6, 6.07) is 2.41. The fraction of sp³-hybridized carbons (Fsp3) is 0.600. The van der Waals surface area contributed by atoms with Crippen LogP contribution in [0.5, 0.6) is 0 Å². The van der Waals surface area contributed by atoms with Crippen LogP contribution >= 0.6 is 34.2 Å². The molecule has 1 saturated heterocycles. The molecular formula is C10H13ClIN3. The van der Waals surface area contributed by atoms with Crippen LogP contribution in [-0.2, 0) is 0 Å². The molecule has 0 radical (unpaired) electrons. The third kappa shape index (κ3) is 2.72. The molecule has 0 spiro atoms. The van der Waals surface area contributed by atoms with Gasteiger partial charge in [0, 0.05) is 41.2 Å². The van der Waals surface area contributed by atoms with Gasteiger partial charge in [0.1, 0.15) is 11.0 Å². The molecule has 82 valence electrons. The van der Waals surface area contributed by atoms with E-state index in [-0.39, 0.29) is 0 Å². The Hall–Kier alpha value is -0.100. The van der Waals surface area contributed by atoms with Gasteiger partial charge in [-0.3, -0.25) is 0 Å². The molecule has 0 saturated carbocycles. The van der Waals surface area contributed by atoms with Crippen molar-refractivity contribution in [2.24, 2.45) is 0 Å². The highest BCUT2D eigenvalue weighted by atomic mass is 127. The number of nitrogens with zero attached hydrogens (tertiary/aromatic N) is 3. The van der Waals surface area contributed by atoms with Gasteiger partial charge in [0.2, 0.25) is 0 Å². The van der Waals surface area contributed by atoms with Crippen molar-refractivity contribution >= 4 is 40.0 Å². The van der Waals surface area contributed by atoms with E-state index < -0.39 is 0 Å². The van der Waals surface area contributed by atoms with Crippen molar-refractivity contribution in [1.82, 2.24) is 9.97 Å². The number of rotatable bonds is 1. The summed E-state index contributed by atoms with van der Waals surface area (Å²) >= 11 is 8.04. The maximum Gasteiger partial charge on any atom is 0.194 e. The van der Waals surface area contributed by atoms with Gasteiger partial charge >= 0.3 is 0 Å². The summed E-state index contributed by atoms with van der Waals surface area (Å²) < 4.78 is 0.716. The summed E-state index contributed by atoms with van der Waals surface area (Å²) in [7, 11) is 0. The lowest BCUT2D eigenvalue weighted by atomic mass is 10.0. The average Bonchev–Trinajstić information content (AvgIpc) is 2.16. The number of piperidine rings is 1. The van der Waals surface area contributed by atoms with E-state index in [0.29, 0.717) is 15.0 Å². The van der Waals surface area contributed by atoms with Gasteiger partial charge in [-0.05, 0) is 26.2 Å². The van der Waals surface area contributed by atoms with Crippen molar-refractivity contribution in [2.45, 2.75) is 32.2 Å². The normalized spacial score (nSPS) is 21.8. The maximum atomic E-state index is 5.93. The fourth-order valence-corrected chi connectivity index (χ4v) is 2.79. The van der Waals surface area contributed by atoms with E-state index >= 15 is 0 Å². The van der Waals surface area contributed by atoms with Crippen molar-refractivity contribution in [3.63, 3.8) is 0 Å². The minimum atomic E-state index is 0.530. The Morgan fingerprint density at radius 2 is 2.27 bits per heavy atom. The van der Waals surface area contributed by atoms with Gasteiger partial charge in [-0.1, -0.05) is 11.6 Å². The van der Waals surface area contributed by atoms with Crippen LogP contribution in [0, 0.1) is 3.83 Å². The van der Waals surface area contributed by atoms with Gasteiger partial charge in [-0.15, -0.1) is 0 Å². The molecule has 1 unspecified atom stereocenters. The minimum absolute atomic E-state index is 0.530. The van der Waals surface area contributed by atoms with Crippen LogP contribution in [0.25, 0.3) is 0 Å². The lowest BCUT2D eigenvalue weighted by Crippen LogP contribution is -2.38. The molecule has 1 atom stereocenters. The Morgan fingerprint density at radius 3 is 2.93 bits per heavy atom. The number of halogens is 2. The Bertz CT molecular complexity index is 338. The highest BCUT2D eigenvalue weighted by Gasteiger charge is 2.20. The smallest absolute Gasteiger partial charge is 0.194 e. The molecule has 5 heteroatoms. The van der Waals surface area contributed by atoms with Crippen molar-refractivity contribution in [3.05, 3.63) is 15.1 Å². The van der Waals surface area contributed by atoms with Gasteiger partial charge in [0.05, 0.1) is 0 Å². The Labute approximate surface area is 108 Å². The lowest BCUT2D eigenvalue weighted by molar-refractivity contribution is 0.480. The SMILES string of the molecule is CC1CCCCN1c1cc(Cl)nc(I)n1. The molecule has 3 nitrogen and oxygen atoms in total. The predicted octanol–water partition coefficient (Wildman–Crippen LogP) is 3.11. The van der Waals surface area contributed by atoms with Crippen LogP contribution in [0.1, 0.15) is 26.2 Å². The number of hydrogen-bond donors (Lipinski definition) is 0. The highest BCUT2D eigenvalue weighted by Crippen LogP contribution is 2.24. The van der Waals surface area contributed by atoms with Crippen LogP contribution < -0.4 is 4.90 Å². The summed E-state index contributed by atoms with van der Waals surface area (Å²) in [5, 5.41) is 0.530. The summed E-state index contributed by atoms with van der Waals surface area (Å²) in [6.45, 7) is 3.31. The first-order valence-corrected chi connectivity index (χ1v) is 6.59. The Balaban J connectivity index is 2.27. The van der Waals surface area contributed by atoms with Gasteiger partial charge < -0.3 is 4.90 Å². The van der Waals surface area contributed by atoms with Crippen molar-refractivity contribution < 1.29 is 0 Å². The third-order valence-corrected chi connectivity index (χ3v) is 3.43. The molecular weight excluding hydrogens is 324 g/mol. The summed E-state index contributed by atoms with van der Waals surface area (Å²) in [4.78, 5) is 10.8. The second kappa shape index (κ2) is 4.82. The first kappa shape index (κ1) is 11.4. The molecule has 0 N–H and O–H groups in total. The van der Waals surface area contributed by atoms with Crippen LogP contribution in [0.2, 0.25) is 5.15 Å². The monoisotopic (exact) mass is 337 g/mol. The van der Waals surface area contributed by atoms with Crippen molar-refractivity contribution in [2.75, 3.05) is 11.4 Å². The number of anilines is 1. The molecule has 0 bridgehead atoms. The van der Waals surface area contributed by atoms with E-state index in [9.17, 15) is 0 Å². The molecule has 1 aliphatic heterocycles. The number of hydrogen-bond acceptors (Lipinski definition) is 3. The van der Waals surface area contributed by atoms with E-state index in [0.717, 1.165) is 12.4 Å². The predicted molar refractivity (Wildman–Crippen MR) is 70.4 cm³/mol. The largest absolute Gasteiger partial charge is 0.354 e. The lowest BCUT2D eigenvalue weighted by Gasteiger charge is -2.34. The summed E-state index contributed by atoms with van der Waals surface area (Å²) in [5.41, 5.74) is 0. The van der Waals surface area contributed by atoms with E-state index in [1.165, 1.54) is 19.3 Å². The van der Waals surface area contributed by atoms with Gasteiger partial charge in [-0.2, -0.15) is 0 Å². The van der Waals surface area contributed by atoms with Gasteiger partial charge in [0.15, 0.2) is 3.83 Å². The maximum absolute atomic E-state index is 5.93. The average molecular weight is 338 g/mol. The molecule has 15 heavy (non-hydrogen) atoms. The summed E-state index contributed by atoms with van der Waals surface area (Å²) in [5.74, 6) is 0.964. The number of aromatic nitrogens is 2. The van der Waals surface area contributed by atoms with Crippen molar-refractivity contribution in [1.29, 1.82) is 0 Å². The zero-order valence-corrected chi connectivity index (χ0v) is 11.5. The fourth-order valence-electron chi connectivity index (χ4n) is 1.96. The standard InChI is InChI=1S/C10H13ClIN3/c1-7-4-2-3-5-15(7)9-6-8(11)13-10(12)14-9/h6-7H,2-5H2,1H3. The van der Waals surface area contributed by atoms with E-state index in [1.54, 1.807) is 0 Å². The molecule has 0 aliphatic carbocycles. The molecule has 1 aromatic rings. The van der Waals surface area contributed by atoms with Crippen LogP contribution in [0.3, 0.4) is 0 Å². The first-order valence-electron chi connectivity index (χ1n) is 5.13. The van der Waals surface area contributed by atoms with Crippen LogP contribution in [0.15, 0.2) is 6.07 Å². The third-order valence-electron chi connectivity index (χ3n) is 2.75. The van der Waals surface area contributed by atoms with Gasteiger partial charge in [0.25, 0.3) is 0 Å². The minimum Gasteiger partial charge on any atom is -0.354 e. The first-order chi connectivity index (χ1) is 7.16. The Kier molecular flexibility index (Phi) is 3.66. The summed E-state index contributed by atoms with van der Waals surface area (Å²) in [6.07, 6.45) is 3.79. The van der Waals surface area contributed by atoms with Crippen LogP contribution in [0.4, 0.5) is 5.82 Å². The molecule has 0 aromatic carbocycles. The van der Waals surface area contributed by atoms with Crippen molar-refractivity contribution in [3.8, 4) is 0 Å².